The molecule has 0 amide bonds. The number of benzene rings is 2. The largest absolute Gasteiger partial charge is 0.493 e. The fraction of sp³-hybridized carbons (Fsp3) is 0.200. The summed E-state index contributed by atoms with van der Waals surface area (Å²) in [5.74, 6) is 0.586. The van der Waals surface area contributed by atoms with E-state index in [1.54, 1.807) is 31.2 Å². The van der Waals surface area contributed by atoms with Crippen LogP contribution in [0.1, 0.15) is 16.7 Å². The first-order valence-corrected chi connectivity index (χ1v) is 8.46. The summed E-state index contributed by atoms with van der Waals surface area (Å²) in [5, 5.41) is 11.1. The predicted molar refractivity (Wildman–Crippen MR) is 105 cm³/mol. The second-order valence-corrected chi connectivity index (χ2v) is 6.05. The van der Waals surface area contributed by atoms with Crippen molar-refractivity contribution in [2.24, 2.45) is 4.99 Å². The summed E-state index contributed by atoms with van der Waals surface area (Å²) < 4.78 is 21.1. The van der Waals surface area contributed by atoms with Crippen LogP contribution in [0.4, 0.5) is 5.69 Å². The molecular weight excluding hydrogens is 380 g/mol. The average molecular weight is 398 g/mol. The number of ether oxygens (including phenoxy) is 4. The van der Waals surface area contributed by atoms with Gasteiger partial charge in [-0.1, -0.05) is 6.07 Å². The molecule has 1 heterocycles. The Morgan fingerprint density at radius 2 is 1.72 bits per heavy atom. The second kappa shape index (κ2) is 8.01. The van der Waals surface area contributed by atoms with Crippen LogP contribution in [0.5, 0.6) is 17.2 Å². The summed E-state index contributed by atoms with van der Waals surface area (Å²) in [7, 11) is 4.46. The first kappa shape index (κ1) is 19.9. The van der Waals surface area contributed by atoms with Crippen LogP contribution in [0, 0.1) is 17.0 Å². The van der Waals surface area contributed by atoms with Gasteiger partial charge in [0, 0.05) is 17.2 Å². The maximum absolute atomic E-state index is 12.3. The van der Waals surface area contributed by atoms with Crippen LogP contribution in [0.2, 0.25) is 0 Å². The van der Waals surface area contributed by atoms with Crippen molar-refractivity contribution >= 4 is 23.6 Å². The normalized spacial score (nSPS) is 14.4. The number of nitrogens with zero attached hydrogens (tertiary/aromatic N) is 2. The highest BCUT2D eigenvalue weighted by molar-refractivity contribution is 6.13. The number of cyclic esters (lactones) is 1. The predicted octanol–water partition coefficient (Wildman–Crippen LogP) is 3.27. The average Bonchev–Trinajstić information content (AvgIpc) is 3.07. The summed E-state index contributed by atoms with van der Waals surface area (Å²) in [6.07, 6.45) is 1.50. The van der Waals surface area contributed by atoms with E-state index in [9.17, 15) is 14.9 Å². The minimum Gasteiger partial charge on any atom is -0.493 e. The molecule has 2 aromatic rings. The van der Waals surface area contributed by atoms with E-state index in [-0.39, 0.29) is 17.3 Å². The fourth-order valence-electron chi connectivity index (χ4n) is 2.81. The monoisotopic (exact) mass is 398 g/mol. The summed E-state index contributed by atoms with van der Waals surface area (Å²) in [5.41, 5.74) is 1.37. The summed E-state index contributed by atoms with van der Waals surface area (Å²) in [4.78, 5) is 27.1. The number of methoxy groups -OCH3 is 3. The van der Waals surface area contributed by atoms with Crippen LogP contribution >= 0.6 is 0 Å². The SMILES string of the molecule is COc1cc(C=C2N=C(c3ccc(C)c([N+](=O)[O-])c3)OC2=O)cc(OC)c1OC. The van der Waals surface area contributed by atoms with Crippen LogP contribution in [0.3, 0.4) is 0 Å². The zero-order valence-electron chi connectivity index (χ0n) is 16.2. The Bertz CT molecular complexity index is 1030. The van der Waals surface area contributed by atoms with Crippen molar-refractivity contribution in [1.29, 1.82) is 0 Å². The lowest BCUT2D eigenvalue weighted by molar-refractivity contribution is -0.385. The Hall–Kier alpha value is -3.88. The zero-order chi connectivity index (χ0) is 21.1. The summed E-state index contributed by atoms with van der Waals surface area (Å²) in [6.45, 7) is 1.63. The standard InChI is InChI=1S/C20H18N2O7/c1-11-5-6-13(10-15(11)22(24)25)19-21-14(20(23)29-19)7-12-8-16(26-2)18(28-4)17(9-12)27-3/h5-10H,1-4H3. The number of hydrogen-bond donors (Lipinski definition) is 0. The third kappa shape index (κ3) is 3.88. The van der Waals surface area contributed by atoms with E-state index in [4.69, 9.17) is 18.9 Å². The van der Waals surface area contributed by atoms with Crippen molar-refractivity contribution in [3.05, 3.63) is 62.8 Å². The highest BCUT2D eigenvalue weighted by Crippen LogP contribution is 2.39. The van der Waals surface area contributed by atoms with E-state index >= 15 is 0 Å². The van der Waals surface area contributed by atoms with Gasteiger partial charge in [0.15, 0.2) is 17.2 Å². The molecule has 0 fully saturated rings. The van der Waals surface area contributed by atoms with Gasteiger partial charge in [-0.25, -0.2) is 9.79 Å². The Kier molecular flexibility index (Phi) is 5.49. The molecule has 9 nitrogen and oxygen atoms in total. The molecule has 0 unspecified atom stereocenters. The van der Waals surface area contributed by atoms with Crippen LogP contribution in [-0.4, -0.2) is 38.1 Å². The molecule has 3 rings (SSSR count). The van der Waals surface area contributed by atoms with Crippen LogP contribution in [0.25, 0.3) is 6.08 Å². The third-order valence-electron chi connectivity index (χ3n) is 4.26. The highest BCUT2D eigenvalue weighted by Gasteiger charge is 2.26. The zero-order valence-corrected chi connectivity index (χ0v) is 16.2. The minimum absolute atomic E-state index is 0.00297. The number of nitro groups is 1. The van der Waals surface area contributed by atoms with E-state index in [1.807, 2.05) is 0 Å². The molecule has 0 N–H and O–H groups in total. The molecule has 0 radical (unpaired) electrons. The molecule has 0 saturated carbocycles. The molecule has 0 aromatic heterocycles. The first-order valence-electron chi connectivity index (χ1n) is 8.46. The molecule has 1 aliphatic heterocycles. The lowest BCUT2D eigenvalue weighted by Gasteiger charge is -2.12. The number of carbonyl (C=O) groups excluding carboxylic acids is 1. The quantitative estimate of drug-likeness (QED) is 0.318. The Morgan fingerprint density at radius 1 is 1.07 bits per heavy atom. The number of carbonyl (C=O) groups is 1. The van der Waals surface area contributed by atoms with Crippen molar-refractivity contribution in [2.75, 3.05) is 21.3 Å². The molecule has 0 saturated heterocycles. The van der Waals surface area contributed by atoms with Gasteiger partial charge in [0.25, 0.3) is 5.69 Å². The molecule has 0 spiro atoms. The number of nitro benzene ring substituents is 1. The Balaban J connectivity index is 2.01. The van der Waals surface area contributed by atoms with E-state index in [0.29, 0.717) is 33.9 Å². The molecule has 2 aromatic carbocycles. The Labute approximate surface area is 166 Å². The maximum atomic E-state index is 12.3. The molecule has 29 heavy (non-hydrogen) atoms. The number of aliphatic imine (C=N–C) groups is 1. The van der Waals surface area contributed by atoms with E-state index < -0.39 is 10.9 Å². The molecule has 1 aliphatic rings. The maximum Gasteiger partial charge on any atom is 0.363 e. The van der Waals surface area contributed by atoms with Gasteiger partial charge in [-0.3, -0.25) is 10.1 Å². The fourth-order valence-corrected chi connectivity index (χ4v) is 2.81. The van der Waals surface area contributed by atoms with Gasteiger partial charge in [-0.15, -0.1) is 0 Å². The van der Waals surface area contributed by atoms with Crippen LogP contribution in [0.15, 0.2) is 41.0 Å². The van der Waals surface area contributed by atoms with Crippen LogP contribution in [-0.2, 0) is 9.53 Å². The number of esters is 1. The topological polar surface area (TPSA) is 109 Å². The van der Waals surface area contributed by atoms with Crippen molar-refractivity contribution in [2.45, 2.75) is 6.92 Å². The number of hydrogen-bond acceptors (Lipinski definition) is 8. The number of rotatable bonds is 6. The lowest BCUT2D eigenvalue weighted by Crippen LogP contribution is -2.06. The van der Waals surface area contributed by atoms with Gasteiger partial charge in [-0.2, -0.15) is 0 Å². The lowest BCUT2D eigenvalue weighted by atomic mass is 10.1. The van der Waals surface area contributed by atoms with E-state index in [0.717, 1.165) is 0 Å². The third-order valence-corrected chi connectivity index (χ3v) is 4.26. The van der Waals surface area contributed by atoms with Gasteiger partial charge < -0.3 is 18.9 Å². The number of aryl methyl sites for hydroxylation is 1. The van der Waals surface area contributed by atoms with Crippen molar-refractivity contribution in [1.82, 2.24) is 0 Å². The van der Waals surface area contributed by atoms with E-state index in [1.165, 1.54) is 33.5 Å². The van der Waals surface area contributed by atoms with Crippen molar-refractivity contribution < 1.29 is 28.7 Å². The molecule has 150 valence electrons. The van der Waals surface area contributed by atoms with Gasteiger partial charge in [0.2, 0.25) is 11.6 Å². The second-order valence-electron chi connectivity index (χ2n) is 6.05. The first-order chi connectivity index (χ1) is 13.9. The van der Waals surface area contributed by atoms with E-state index in [2.05, 4.69) is 4.99 Å². The summed E-state index contributed by atoms with van der Waals surface area (Å²) in [6, 6.07) is 7.82. The summed E-state index contributed by atoms with van der Waals surface area (Å²) >= 11 is 0. The molecular formula is C20H18N2O7. The van der Waals surface area contributed by atoms with Gasteiger partial charge in [0.1, 0.15) is 0 Å². The molecule has 9 heteroatoms. The smallest absolute Gasteiger partial charge is 0.363 e. The highest BCUT2D eigenvalue weighted by atomic mass is 16.6. The molecule has 0 aliphatic carbocycles. The minimum atomic E-state index is -0.669. The van der Waals surface area contributed by atoms with Gasteiger partial charge >= 0.3 is 5.97 Å². The van der Waals surface area contributed by atoms with Gasteiger partial charge in [-0.05, 0) is 36.8 Å². The van der Waals surface area contributed by atoms with Crippen molar-refractivity contribution in [3.8, 4) is 17.2 Å². The van der Waals surface area contributed by atoms with Crippen molar-refractivity contribution in [3.63, 3.8) is 0 Å². The van der Waals surface area contributed by atoms with Gasteiger partial charge in [0.05, 0.1) is 26.3 Å². The molecule has 0 bridgehead atoms. The Morgan fingerprint density at radius 3 is 2.28 bits per heavy atom. The molecule has 0 atom stereocenters. The van der Waals surface area contributed by atoms with Crippen LogP contribution < -0.4 is 14.2 Å².